The van der Waals surface area contributed by atoms with E-state index in [-0.39, 0.29) is 23.2 Å². The van der Waals surface area contributed by atoms with Crippen molar-refractivity contribution in [1.29, 1.82) is 0 Å². The lowest BCUT2D eigenvalue weighted by atomic mass is 9.70. The minimum atomic E-state index is -0.0606. The first-order valence-corrected chi connectivity index (χ1v) is 25.0. The Labute approximate surface area is 402 Å². The molecule has 69 heavy (non-hydrogen) atoms. The van der Waals surface area contributed by atoms with E-state index in [2.05, 4.69) is 216 Å². The summed E-state index contributed by atoms with van der Waals surface area (Å²) < 4.78 is 14.0. The minimum absolute atomic E-state index is 0.0606. The van der Waals surface area contributed by atoms with Gasteiger partial charge in [-0.15, -0.1) is 0 Å². The van der Waals surface area contributed by atoms with Crippen LogP contribution >= 0.6 is 0 Å². The molecule has 12 aromatic rings. The van der Waals surface area contributed by atoms with Gasteiger partial charge in [0.1, 0.15) is 11.2 Å². The normalized spacial score (nSPS) is 15.6. The van der Waals surface area contributed by atoms with Crippen molar-refractivity contribution in [1.82, 2.24) is 0 Å². The Bertz CT molecular complexity index is 4110. The van der Waals surface area contributed by atoms with Crippen LogP contribution < -0.4 is 9.80 Å². The first-order valence-electron chi connectivity index (χ1n) is 25.0. The number of para-hydroxylation sites is 5. The fourth-order valence-electron chi connectivity index (χ4n) is 12.8. The van der Waals surface area contributed by atoms with E-state index >= 15 is 0 Å². The van der Waals surface area contributed by atoms with Crippen molar-refractivity contribution in [3.05, 3.63) is 191 Å². The number of rotatable bonds is 6. The lowest BCUT2D eigenvalue weighted by Gasteiger charge is -2.39. The number of anilines is 6. The van der Waals surface area contributed by atoms with Gasteiger partial charge >= 0.3 is 0 Å². The van der Waals surface area contributed by atoms with Crippen LogP contribution in [0.5, 0.6) is 0 Å². The third-order valence-electron chi connectivity index (χ3n) is 16.2. The fourth-order valence-corrected chi connectivity index (χ4v) is 12.8. The van der Waals surface area contributed by atoms with Gasteiger partial charge in [-0.3, -0.25) is 0 Å². The molecule has 0 fully saturated rings. The average molecular weight is 895 g/mol. The van der Waals surface area contributed by atoms with Crippen LogP contribution in [0.15, 0.2) is 167 Å². The second-order valence-electron chi connectivity index (χ2n) is 21.2. The Morgan fingerprint density at radius 2 is 1.14 bits per heavy atom. The highest BCUT2D eigenvalue weighted by Crippen LogP contribution is 2.58. The van der Waals surface area contributed by atoms with Crippen molar-refractivity contribution in [3.8, 4) is 0 Å². The minimum Gasteiger partial charge on any atom is -0.454 e. The van der Waals surface area contributed by atoms with Gasteiger partial charge in [0.15, 0.2) is 11.2 Å². The molecule has 0 spiro atoms. The van der Waals surface area contributed by atoms with E-state index in [1.54, 1.807) is 0 Å². The lowest BCUT2D eigenvalue weighted by molar-refractivity contribution is 0.475. The zero-order valence-electron chi connectivity index (χ0n) is 40.4. The topological polar surface area (TPSA) is 32.8 Å². The third kappa shape index (κ3) is 5.57. The maximum atomic E-state index is 6.99. The van der Waals surface area contributed by atoms with Gasteiger partial charge in [0.2, 0.25) is 0 Å². The van der Waals surface area contributed by atoms with E-state index < -0.39 is 0 Å². The molecule has 1 aliphatic carbocycles. The van der Waals surface area contributed by atoms with Gasteiger partial charge in [-0.25, -0.2) is 0 Å². The molecule has 336 valence electrons. The van der Waals surface area contributed by atoms with Crippen LogP contribution in [-0.2, 0) is 11.8 Å². The number of hydrogen-bond donors (Lipinski definition) is 0. The predicted molar refractivity (Wildman–Crippen MR) is 291 cm³/mol. The van der Waals surface area contributed by atoms with Gasteiger partial charge in [-0.1, -0.05) is 158 Å². The van der Waals surface area contributed by atoms with Gasteiger partial charge in [0.25, 0.3) is 0 Å². The van der Waals surface area contributed by atoms with Crippen LogP contribution in [0.25, 0.3) is 76.2 Å². The summed E-state index contributed by atoms with van der Waals surface area (Å²) in [4.78, 5) is 5.13. The molecule has 3 heterocycles. The summed E-state index contributed by atoms with van der Waals surface area (Å²) in [6.45, 7) is 16.6. The molecule has 4 nitrogen and oxygen atoms in total. The molecule has 2 aliphatic rings. The van der Waals surface area contributed by atoms with Crippen LogP contribution in [0.4, 0.5) is 34.1 Å². The molecule has 0 bridgehead atoms. The second kappa shape index (κ2) is 14.5. The van der Waals surface area contributed by atoms with Gasteiger partial charge < -0.3 is 18.6 Å². The zero-order valence-corrected chi connectivity index (χ0v) is 40.4. The smallest absolute Gasteiger partial charge is 0.159 e. The molecular formula is C65H54N2O2. The molecule has 1 aliphatic heterocycles. The summed E-state index contributed by atoms with van der Waals surface area (Å²) in [5.74, 6) is 0.719. The van der Waals surface area contributed by atoms with E-state index in [0.29, 0.717) is 0 Å². The number of nitrogens with zero attached hydrogens (tertiary/aromatic N) is 2. The van der Waals surface area contributed by atoms with E-state index in [4.69, 9.17) is 8.83 Å². The summed E-state index contributed by atoms with van der Waals surface area (Å²) in [6.07, 6.45) is 2.05. The highest BCUT2D eigenvalue weighted by Gasteiger charge is 2.37. The van der Waals surface area contributed by atoms with Crippen LogP contribution in [0.2, 0.25) is 0 Å². The zero-order chi connectivity index (χ0) is 46.6. The summed E-state index contributed by atoms with van der Waals surface area (Å²) in [5.41, 5.74) is 18.6. The SMILES string of the molecule is CC(C)c1ccccc1N(c1cc(C(C)C)c2ccc3c(N4c5ccccc5C(C)c5ccc6c(oc7ccccc76)c54)cc4c5c(cc1c2c35)C(C)(C)CC4)c1cccc2c1oc1ccccc12. The van der Waals surface area contributed by atoms with Crippen LogP contribution in [-0.4, -0.2) is 0 Å². The van der Waals surface area contributed by atoms with Crippen LogP contribution in [0.1, 0.15) is 106 Å². The Morgan fingerprint density at radius 3 is 1.93 bits per heavy atom. The van der Waals surface area contributed by atoms with E-state index in [0.717, 1.165) is 68.1 Å². The quantitative estimate of drug-likeness (QED) is 0.156. The monoisotopic (exact) mass is 894 g/mol. The maximum Gasteiger partial charge on any atom is 0.159 e. The summed E-state index contributed by atoms with van der Waals surface area (Å²) in [7, 11) is 0. The Balaban J connectivity index is 1.15. The van der Waals surface area contributed by atoms with Gasteiger partial charge in [0.05, 0.1) is 28.4 Å². The molecule has 10 aromatic carbocycles. The molecule has 0 saturated carbocycles. The lowest BCUT2D eigenvalue weighted by Crippen LogP contribution is -2.25. The van der Waals surface area contributed by atoms with Crippen molar-refractivity contribution < 1.29 is 8.83 Å². The molecule has 1 unspecified atom stereocenters. The number of aryl methyl sites for hydroxylation is 1. The molecule has 0 N–H and O–H groups in total. The molecule has 1 atom stereocenters. The van der Waals surface area contributed by atoms with E-state index in [9.17, 15) is 0 Å². The van der Waals surface area contributed by atoms with Crippen LogP contribution in [0.3, 0.4) is 0 Å². The van der Waals surface area contributed by atoms with Crippen molar-refractivity contribution in [2.24, 2.45) is 0 Å². The standard InChI is InChI=1S/C65H54N2O2/c1-36(2)40-17-8-12-22-52(40)66(54-24-16-21-46-43-19-10-14-25-57(43)68-63(46)54)56-35-49(37(3)4)45-28-30-48-55(33-39-31-32-65(6,7)51-34-50(56)60(45)61(48)59(39)51)67-53-23-13-9-18-41(53)38(5)42-27-29-47-44-20-11-15-26-58(44)69-64(47)62(42)67/h8-30,33-38H,31-32H2,1-7H3. The van der Waals surface area contributed by atoms with E-state index in [1.165, 1.54) is 88.4 Å². The number of furan rings is 2. The number of hydrogen-bond acceptors (Lipinski definition) is 4. The van der Waals surface area contributed by atoms with Crippen molar-refractivity contribution >= 4 is 110 Å². The summed E-state index contributed by atoms with van der Waals surface area (Å²) >= 11 is 0. The molecule has 2 aromatic heterocycles. The first kappa shape index (κ1) is 40.5. The molecule has 4 heteroatoms. The molecule has 0 radical (unpaired) electrons. The maximum absolute atomic E-state index is 6.99. The summed E-state index contributed by atoms with van der Waals surface area (Å²) in [5, 5.41) is 12.5. The molecule has 14 rings (SSSR count). The molecule has 0 amide bonds. The molecular weight excluding hydrogens is 841 g/mol. The van der Waals surface area contributed by atoms with Gasteiger partial charge in [-0.05, 0) is 128 Å². The Morgan fingerprint density at radius 1 is 0.507 bits per heavy atom. The Hall–Kier alpha value is -7.56. The van der Waals surface area contributed by atoms with Gasteiger partial charge in [0, 0.05) is 49.3 Å². The Kier molecular flexibility index (Phi) is 8.50. The van der Waals surface area contributed by atoms with Crippen LogP contribution in [0, 0.1) is 0 Å². The van der Waals surface area contributed by atoms with Crippen molar-refractivity contribution in [2.75, 3.05) is 9.80 Å². The number of fused-ring (bicyclic) bond motifs is 9. The summed E-state index contributed by atoms with van der Waals surface area (Å²) in [6, 6.07) is 59.0. The average Bonchev–Trinajstić information content (AvgIpc) is 3.95. The highest BCUT2D eigenvalue weighted by atomic mass is 16.3. The predicted octanol–water partition coefficient (Wildman–Crippen LogP) is 19.3. The highest BCUT2D eigenvalue weighted by molar-refractivity contribution is 6.31. The first-order chi connectivity index (χ1) is 33.6. The van der Waals surface area contributed by atoms with Crippen molar-refractivity contribution in [3.63, 3.8) is 0 Å². The second-order valence-corrected chi connectivity index (χ2v) is 21.2. The fraction of sp³-hybridized carbons (Fsp3) is 0.200. The van der Waals surface area contributed by atoms with E-state index in [1.807, 2.05) is 0 Å². The number of benzene rings is 10. The third-order valence-corrected chi connectivity index (χ3v) is 16.2. The van der Waals surface area contributed by atoms with Gasteiger partial charge in [-0.2, -0.15) is 0 Å². The largest absolute Gasteiger partial charge is 0.454 e. The van der Waals surface area contributed by atoms with Crippen molar-refractivity contribution in [2.45, 2.75) is 84.5 Å². The molecule has 0 saturated heterocycles.